The average molecular weight is 275 g/mol. The third-order valence-electron chi connectivity index (χ3n) is 2.25. The van der Waals surface area contributed by atoms with Crippen molar-refractivity contribution in [2.75, 3.05) is 32.6 Å². The molecule has 0 bridgehead atoms. The van der Waals surface area contributed by atoms with Crippen LogP contribution in [0.1, 0.15) is 13.3 Å². The second kappa shape index (κ2) is 9.26. The van der Waals surface area contributed by atoms with E-state index in [0.717, 1.165) is 37.0 Å². The monoisotopic (exact) mass is 275 g/mol. The lowest BCUT2D eigenvalue weighted by molar-refractivity contribution is 0.192. The first-order valence-electron chi connectivity index (χ1n) is 6.00. The fourth-order valence-corrected chi connectivity index (χ4v) is 2.26. The molecule has 7 nitrogen and oxygen atoms in total. The van der Waals surface area contributed by atoms with Gasteiger partial charge in [-0.2, -0.15) is 0 Å². The van der Waals surface area contributed by atoms with Crippen molar-refractivity contribution in [1.29, 1.82) is 0 Å². The number of nitrogens with zero attached hydrogens (tertiary/aromatic N) is 4. The van der Waals surface area contributed by atoms with Gasteiger partial charge in [0.1, 0.15) is 0 Å². The van der Waals surface area contributed by atoms with E-state index in [2.05, 4.69) is 20.8 Å². The number of rotatable bonds is 10. The summed E-state index contributed by atoms with van der Waals surface area (Å²) in [5.74, 6) is 0.815. The minimum Gasteiger partial charge on any atom is -0.393 e. The number of aromatic nitrogens is 4. The summed E-state index contributed by atoms with van der Waals surface area (Å²) in [4.78, 5) is 0. The number of nitrogens with one attached hydrogen (secondary N) is 1. The number of hydrogen-bond donors (Lipinski definition) is 2. The lowest BCUT2D eigenvalue weighted by atomic mass is 10.3. The van der Waals surface area contributed by atoms with Crippen molar-refractivity contribution in [3.05, 3.63) is 0 Å². The third-order valence-corrected chi connectivity index (χ3v) is 3.24. The van der Waals surface area contributed by atoms with Gasteiger partial charge in [0, 0.05) is 26.0 Å². The molecule has 0 aromatic carbocycles. The minimum atomic E-state index is -0.280. The van der Waals surface area contributed by atoms with Gasteiger partial charge in [-0.15, -0.1) is 5.10 Å². The topological polar surface area (TPSA) is 85.1 Å². The van der Waals surface area contributed by atoms with Crippen LogP contribution in [0.3, 0.4) is 0 Å². The predicted octanol–water partition coefficient (Wildman–Crippen LogP) is -0.228. The summed E-state index contributed by atoms with van der Waals surface area (Å²) < 4.78 is 6.71. The van der Waals surface area contributed by atoms with Crippen molar-refractivity contribution in [3.8, 4) is 0 Å². The fourth-order valence-electron chi connectivity index (χ4n) is 1.25. The molecule has 8 heteroatoms. The molecule has 18 heavy (non-hydrogen) atoms. The van der Waals surface area contributed by atoms with E-state index in [1.807, 2.05) is 0 Å². The van der Waals surface area contributed by atoms with Crippen LogP contribution in [0.5, 0.6) is 0 Å². The van der Waals surface area contributed by atoms with Crippen molar-refractivity contribution >= 4 is 11.8 Å². The van der Waals surface area contributed by atoms with Gasteiger partial charge >= 0.3 is 0 Å². The van der Waals surface area contributed by atoms with Gasteiger partial charge < -0.3 is 15.2 Å². The number of aliphatic hydroxyl groups excluding tert-OH is 1. The second-order valence-electron chi connectivity index (χ2n) is 3.91. The molecule has 104 valence electrons. The third kappa shape index (κ3) is 6.29. The van der Waals surface area contributed by atoms with E-state index in [4.69, 9.17) is 4.74 Å². The van der Waals surface area contributed by atoms with Crippen LogP contribution in [0, 0.1) is 0 Å². The molecule has 1 rings (SSSR count). The minimum absolute atomic E-state index is 0.280. The predicted molar refractivity (Wildman–Crippen MR) is 69.6 cm³/mol. The normalized spacial score (nSPS) is 12.8. The highest BCUT2D eigenvalue weighted by molar-refractivity contribution is 7.99. The van der Waals surface area contributed by atoms with E-state index in [1.54, 1.807) is 30.5 Å². The summed E-state index contributed by atoms with van der Waals surface area (Å²) in [6.07, 6.45) is 0.460. The van der Waals surface area contributed by atoms with Crippen molar-refractivity contribution < 1.29 is 9.84 Å². The number of hydrogen-bond acceptors (Lipinski definition) is 7. The maximum absolute atomic E-state index is 9.18. The van der Waals surface area contributed by atoms with Crippen LogP contribution >= 0.6 is 11.8 Å². The molecule has 0 fully saturated rings. The van der Waals surface area contributed by atoms with E-state index < -0.39 is 0 Å². The first kappa shape index (κ1) is 15.4. The van der Waals surface area contributed by atoms with Crippen LogP contribution in [-0.2, 0) is 11.3 Å². The fraction of sp³-hybridized carbons (Fsp3) is 0.900. The summed E-state index contributed by atoms with van der Waals surface area (Å²) in [5.41, 5.74) is 0. The number of methoxy groups -OCH3 is 1. The standard InChI is InChI=1S/C10H21N5O2S/c1-9(16)3-8-18-10-12-13-14-15(10)6-4-11-5-7-17-2/h9,11,16H,3-8H2,1-2H3. The SMILES string of the molecule is COCCNCCn1nnnc1SCCC(C)O. The number of thioether (sulfide) groups is 1. The maximum atomic E-state index is 9.18. The van der Waals surface area contributed by atoms with E-state index >= 15 is 0 Å². The summed E-state index contributed by atoms with van der Waals surface area (Å²) in [5, 5.41) is 24.8. The van der Waals surface area contributed by atoms with E-state index in [0.29, 0.717) is 6.61 Å². The van der Waals surface area contributed by atoms with Crippen LogP contribution in [-0.4, -0.2) is 64.0 Å². The molecular formula is C10H21N5O2S. The Morgan fingerprint density at radius 2 is 2.33 bits per heavy atom. The second-order valence-corrected chi connectivity index (χ2v) is 4.98. The average Bonchev–Trinajstić information content (AvgIpc) is 2.76. The van der Waals surface area contributed by atoms with Crippen LogP contribution < -0.4 is 5.32 Å². The molecule has 0 aliphatic heterocycles. The van der Waals surface area contributed by atoms with Gasteiger partial charge in [-0.05, 0) is 23.8 Å². The van der Waals surface area contributed by atoms with Crippen LogP contribution in [0.2, 0.25) is 0 Å². The molecule has 1 aromatic heterocycles. The van der Waals surface area contributed by atoms with Gasteiger partial charge in [-0.3, -0.25) is 0 Å². The van der Waals surface area contributed by atoms with Crippen molar-refractivity contribution in [3.63, 3.8) is 0 Å². The Kier molecular flexibility index (Phi) is 7.90. The quantitative estimate of drug-likeness (QED) is 0.451. The van der Waals surface area contributed by atoms with Crippen molar-refractivity contribution in [1.82, 2.24) is 25.5 Å². The summed E-state index contributed by atoms with van der Waals surface area (Å²) >= 11 is 1.56. The number of tetrazole rings is 1. The molecule has 0 aliphatic carbocycles. The Bertz CT molecular complexity index is 321. The Morgan fingerprint density at radius 1 is 1.50 bits per heavy atom. The molecule has 0 saturated carbocycles. The van der Waals surface area contributed by atoms with Crippen molar-refractivity contribution in [2.45, 2.75) is 31.1 Å². The van der Waals surface area contributed by atoms with Gasteiger partial charge in [0.05, 0.1) is 19.3 Å². The van der Waals surface area contributed by atoms with E-state index in [1.165, 1.54) is 0 Å². The first-order valence-corrected chi connectivity index (χ1v) is 6.99. The van der Waals surface area contributed by atoms with Gasteiger partial charge in [0.25, 0.3) is 0 Å². The largest absolute Gasteiger partial charge is 0.393 e. The van der Waals surface area contributed by atoms with Gasteiger partial charge in [0.2, 0.25) is 5.16 Å². The summed E-state index contributed by atoms with van der Waals surface area (Å²) in [7, 11) is 1.68. The molecule has 0 amide bonds. The highest BCUT2D eigenvalue weighted by atomic mass is 32.2. The summed E-state index contributed by atoms with van der Waals surface area (Å²) in [6.45, 7) is 4.84. The van der Waals surface area contributed by atoms with Gasteiger partial charge in [-0.25, -0.2) is 4.68 Å². The molecular weight excluding hydrogens is 254 g/mol. The Balaban J connectivity index is 2.22. The molecule has 1 unspecified atom stereocenters. The Morgan fingerprint density at radius 3 is 3.06 bits per heavy atom. The number of aliphatic hydroxyl groups is 1. The highest BCUT2D eigenvalue weighted by Gasteiger charge is 2.06. The van der Waals surface area contributed by atoms with Crippen LogP contribution in [0.4, 0.5) is 0 Å². The molecule has 0 spiro atoms. The Hall–Kier alpha value is -0.700. The maximum Gasteiger partial charge on any atom is 0.209 e. The number of ether oxygens (including phenoxy) is 1. The highest BCUT2D eigenvalue weighted by Crippen LogP contribution is 2.15. The zero-order valence-electron chi connectivity index (χ0n) is 10.9. The van der Waals surface area contributed by atoms with Gasteiger partial charge in [0.15, 0.2) is 0 Å². The zero-order chi connectivity index (χ0) is 13.2. The zero-order valence-corrected chi connectivity index (χ0v) is 11.7. The molecule has 2 N–H and O–H groups in total. The molecule has 0 aliphatic rings. The molecule has 0 saturated heterocycles. The van der Waals surface area contributed by atoms with E-state index in [-0.39, 0.29) is 6.10 Å². The van der Waals surface area contributed by atoms with Crippen LogP contribution in [0.15, 0.2) is 5.16 Å². The van der Waals surface area contributed by atoms with Gasteiger partial charge in [-0.1, -0.05) is 11.8 Å². The molecule has 1 atom stereocenters. The van der Waals surface area contributed by atoms with E-state index in [9.17, 15) is 5.11 Å². The molecule has 1 heterocycles. The Labute approximate surface area is 111 Å². The molecule has 1 aromatic rings. The first-order chi connectivity index (χ1) is 8.74. The van der Waals surface area contributed by atoms with Crippen molar-refractivity contribution in [2.24, 2.45) is 0 Å². The lowest BCUT2D eigenvalue weighted by Crippen LogP contribution is -2.24. The lowest BCUT2D eigenvalue weighted by Gasteiger charge is -2.06. The van der Waals surface area contributed by atoms with Crippen LogP contribution in [0.25, 0.3) is 0 Å². The summed E-state index contributed by atoms with van der Waals surface area (Å²) in [6, 6.07) is 0. The molecule has 0 radical (unpaired) electrons. The smallest absolute Gasteiger partial charge is 0.209 e.